The van der Waals surface area contributed by atoms with Gasteiger partial charge in [-0.15, -0.1) is 0 Å². The molecular formula is C12H23N2O5P. The van der Waals surface area contributed by atoms with Crippen molar-refractivity contribution in [1.29, 1.82) is 0 Å². The molecule has 116 valence electrons. The molecule has 7 nitrogen and oxygen atoms in total. The average Bonchev–Trinajstić information content (AvgIpc) is 2.76. The molecule has 0 aromatic rings. The third-order valence-corrected chi connectivity index (χ3v) is 6.64. The van der Waals surface area contributed by atoms with Crippen LogP contribution in [-0.4, -0.2) is 30.6 Å². The Hall–Kier alpha value is -0.750. The van der Waals surface area contributed by atoms with Crippen molar-refractivity contribution in [2.24, 2.45) is 11.8 Å². The zero-order valence-corrected chi connectivity index (χ0v) is 13.4. The number of carbonyl (C=O) groups is 2. The molecule has 20 heavy (non-hydrogen) atoms. The zero-order valence-electron chi connectivity index (χ0n) is 12.5. The topological polar surface area (TPSA) is 85.9 Å². The summed E-state index contributed by atoms with van der Waals surface area (Å²) < 4.78 is 16.6. The van der Waals surface area contributed by atoms with Crippen molar-refractivity contribution < 1.29 is 23.2 Å². The third-order valence-electron chi connectivity index (χ3n) is 3.44. The first-order valence-electron chi connectivity index (χ1n) is 6.94. The summed E-state index contributed by atoms with van der Waals surface area (Å²) in [6, 6.07) is -1.10. The number of hydrogen-bond donors (Lipinski definition) is 2. The number of rotatable bonds is 4. The van der Waals surface area contributed by atoms with Gasteiger partial charge in [-0.3, -0.25) is 0 Å². The number of carbonyl (C=O) groups excluding carboxylic acids is 2. The molecule has 2 aliphatic rings. The molecule has 2 atom stereocenters. The van der Waals surface area contributed by atoms with Gasteiger partial charge >= 0.3 is 118 Å². The van der Waals surface area contributed by atoms with Crippen LogP contribution in [0.4, 0.5) is 0 Å². The Morgan fingerprint density at radius 1 is 1.05 bits per heavy atom. The van der Waals surface area contributed by atoms with Gasteiger partial charge in [-0.1, -0.05) is 0 Å². The molecule has 2 heterocycles. The van der Waals surface area contributed by atoms with Crippen LogP contribution in [0, 0.1) is 11.8 Å². The van der Waals surface area contributed by atoms with E-state index < -0.39 is 31.6 Å². The molecule has 2 saturated heterocycles. The van der Waals surface area contributed by atoms with E-state index in [2.05, 4.69) is 10.2 Å². The van der Waals surface area contributed by atoms with E-state index in [1.807, 2.05) is 27.7 Å². The summed E-state index contributed by atoms with van der Waals surface area (Å²) in [6.45, 7) is 9.58. The van der Waals surface area contributed by atoms with Gasteiger partial charge in [-0.2, -0.15) is 0 Å². The van der Waals surface area contributed by atoms with Gasteiger partial charge in [0.1, 0.15) is 0 Å². The molecule has 2 N–H and O–H groups in total. The summed E-state index contributed by atoms with van der Waals surface area (Å²) in [6.07, 6.45) is 0. The molecule has 1 spiro atoms. The van der Waals surface area contributed by atoms with Crippen molar-refractivity contribution in [3.8, 4) is 0 Å². The summed E-state index contributed by atoms with van der Waals surface area (Å²) in [5.41, 5.74) is 0. The second-order valence-electron chi connectivity index (χ2n) is 5.82. The van der Waals surface area contributed by atoms with E-state index in [9.17, 15) is 9.59 Å². The Kier molecular flexibility index (Phi) is 3.84. The monoisotopic (exact) mass is 306 g/mol. The molecule has 0 aromatic heterocycles. The van der Waals surface area contributed by atoms with Crippen LogP contribution in [0.25, 0.3) is 0 Å². The second kappa shape index (κ2) is 4.91. The summed E-state index contributed by atoms with van der Waals surface area (Å²) >= 11 is 0. The van der Waals surface area contributed by atoms with Gasteiger partial charge in [-0.05, 0) is 0 Å². The summed E-state index contributed by atoms with van der Waals surface area (Å²) in [7, 11) is -4.08. The van der Waals surface area contributed by atoms with Crippen LogP contribution in [0.2, 0.25) is 0 Å². The van der Waals surface area contributed by atoms with Crippen LogP contribution < -0.4 is 10.2 Å². The maximum atomic E-state index is 12.1. The number of nitrogens with one attached hydrogen (secondary N) is 2. The predicted octanol–water partition coefficient (Wildman–Crippen LogP) is 1.49. The van der Waals surface area contributed by atoms with Crippen molar-refractivity contribution in [1.82, 2.24) is 10.2 Å². The molecule has 0 radical (unpaired) electrons. The van der Waals surface area contributed by atoms with Crippen LogP contribution in [0.5, 0.6) is 0 Å². The van der Waals surface area contributed by atoms with E-state index in [4.69, 9.17) is 13.6 Å². The van der Waals surface area contributed by atoms with Gasteiger partial charge in [0.15, 0.2) is 0 Å². The van der Waals surface area contributed by atoms with Gasteiger partial charge in [0.25, 0.3) is 0 Å². The van der Waals surface area contributed by atoms with Crippen molar-refractivity contribution in [2.45, 2.75) is 46.7 Å². The Bertz CT molecular complexity index is 404. The first-order valence-corrected chi connectivity index (χ1v) is 8.93. The molecule has 8 heteroatoms. The fourth-order valence-corrected chi connectivity index (χ4v) is 6.08. The van der Waals surface area contributed by atoms with Gasteiger partial charge in [0.2, 0.25) is 0 Å². The summed E-state index contributed by atoms with van der Waals surface area (Å²) in [5.74, 6) is -0.891. The molecule has 2 rings (SSSR count). The third kappa shape index (κ3) is 2.33. The Labute approximate surface area is 119 Å². The zero-order chi connectivity index (χ0) is 15.2. The molecule has 0 saturated carbocycles. The molecule has 0 aromatic carbocycles. The van der Waals surface area contributed by atoms with Crippen molar-refractivity contribution in [3.63, 3.8) is 0 Å². The van der Waals surface area contributed by atoms with Crippen molar-refractivity contribution >= 4 is 19.5 Å². The summed E-state index contributed by atoms with van der Waals surface area (Å²) in [5, 5.41) is 6.06. The van der Waals surface area contributed by atoms with Crippen LogP contribution >= 0.6 is 7.59 Å². The minimum absolute atomic E-state index is 0.00283. The van der Waals surface area contributed by atoms with Gasteiger partial charge in [0.05, 0.1) is 0 Å². The molecule has 2 fully saturated rings. The number of hydrogen-bond acceptors (Lipinski definition) is 7. The second-order valence-corrected chi connectivity index (χ2v) is 8.73. The van der Waals surface area contributed by atoms with Crippen molar-refractivity contribution in [2.75, 3.05) is 6.61 Å². The van der Waals surface area contributed by atoms with Gasteiger partial charge in [-0.25, -0.2) is 0 Å². The molecule has 2 aliphatic heterocycles. The van der Waals surface area contributed by atoms with E-state index in [-0.39, 0.29) is 18.4 Å². The van der Waals surface area contributed by atoms with Crippen LogP contribution in [0.3, 0.4) is 0 Å². The minimum atomic E-state index is -4.08. The standard InChI is InChI=1S/C12H23N2O5P/c1-6-17-20(13-9(7(2)3)11(15)18-20)14-10(8(4)5)12(16)19-20/h7-10,13-14H,6H2,1-5H3/t9-,10-/m0/s1. The average molecular weight is 306 g/mol. The molecule has 0 amide bonds. The van der Waals surface area contributed by atoms with E-state index in [1.165, 1.54) is 0 Å². The summed E-state index contributed by atoms with van der Waals surface area (Å²) in [4.78, 5) is 24.2. The maximum absolute atomic E-state index is 12.1. The van der Waals surface area contributed by atoms with Crippen LogP contribution in [0.1, 0.15) is 34.6 Å². The van der Waals surface area contributed by atoms with Gasteiger partial charge in [0, 0.05) is 0 Å². The Balaban J connectivity index is 2.37. The Morgan fingerprint density at radius 3 is 1.70 bits per heavy atom. The molecule has 0 aliphatic carbocycles. The normalized spacial score (nSPS) is 33.2. The fraction of sp³-hybridized carbons (Fsp3) is 0.833. The molecular weight excluding hydrogens is 283 g/mol. The Morgan fingerprint density at radius 2 is 1.45 bits per heavy atom. The van der Waals surface area contributed by atoms with E-state index in [0.717, 1.165) is 0 Å². The van der Waals surface area contributed by atoms with E-state index in [1.54, 1.807) is 6.92 Å². The first kappa shape index (κ1) is 15.6. The van der Waals surface area contributed by atoms with Gasteiger partial charge < -0.3 is 0 Å². The fourth-order valence-electron chi connectivity index (χ4n) is 2.39. The van der Waals surface area contributed by atoms with E-state index >= 15 is 0 Å². The first-order chi connectivity index (χ1) is 9.22. The van der Waals surface area contributed by atoms with Crippen LogP contribution in [-0.2, 0) is 23.2 Å². The molecule has 0 unspecified atom stereocenters. The predicted molar refractivity (Wildman–Crippen MR) is 74.3 cm³/mol. The molecule has 0 bridgehead atoms. The van der Waals surface area contributed by atoms with E-state index in [0.29, 0.717) is 0 Å². The quantitative estimate of drug-likeness (QED) is 0.761. The SMILES string of the molecule is CCOP12(N[C@@H](C(C)C)C(=O)O1)N[C@@H](C(C)C)C(=O)O2. The van der Waals surface area contributed by atoms with Crippen molar-refractivity contribution in [3.05, 3.63) is 0 Å². The van der Waals surface area contributed by atoms with Crippen LogP contribution in [0.15, 0.2) is 0 Å².